The number of sulfonamides is 1. The van der Waals surface area contributed by atoms with Gasteiger partial charge in [-0.2, -0.15) is 13.2 Å². The van der Waals surface area contributed by atoms with Crippen molar-refractivity contribution in [2.24, 2.45) is 0 Å². The first-order valence-corrected chi connectivity index (χ1v) is 13.2. The molecule has 4 rings (SSSR count). The molecule has 0 spiro atoms. The summed E-state index contributed by atoms with van der Waals surface area (Å²) < 4.78 is 73.3. The summed E-state index contributed by atoms with van der Waals surface area (Å²) in [4.78, 5) is 12.6. The Morgan fingerprint density at radius 2 is 1.61 bits per heavy atom. The standard InChI is InChI=1S/C27H22ClF3N2O4S/c28-23-14-13-20(27(29,30)31)17-24(23)33(38(35,36)21-9-2-1-3-10-21)18-26(34)32-15-16-37-25-12-6-8-19-7-4-5-11-22(19)25/h1-14,17H,15-16,18H2,(H,32,34). The second-order valence-electron chi connectivity index (χ2n) is 8.16. The monoisotopic (exact) mass is 562 g/mol. The summed E-state index contributed by atoms with van der Waals surface area (Å²) in [5.41, 5.74) is -1.57. The number of nitrogens with zero attached hydrogens (tertiary/aromatic N) is 1. The summed E-state index contributed by atoms with van der Waals surface area (Å²) in [6.07, 6.45) is -4.75. The summed E-state index contributed by atoms with van der Waals surface area (Å²) >= 11 is 6.14. The lowest BCUT2D eigenvalue weighted by atomic mass is 10.1. The Morgan fingerprint density at radius 1 is 0.921 bits per heavy atom. The number of halogens is 4. The summed E-state index contributed by atoms with van der Waals surface area (Å²) in [5.74, 6) is -0.138. The van der Waals surface area contributed by atoms with Crippen LogP contribution in [-0.2, 0) is 21.0 Å². The van der Waals surface area contributed by atoms with Gasteiger partial charge in [0.05, 0.1) is 27.7 Å². The molecule has 0 aliphatic rings. The predicted molar refractivity (Wildman–Crippen MR) is 140 cm³/mol. The Morgan fingerprint density at radius 3 is 2.34 bits per heavy atom. The minimum atomic E-state index is -4.75. The SMILES string of the molecule is O=C(CN(c1cc(C(F)(F)F)ccc1Cl)S(=O)(=O)c1ccccc1)NCCOc1cccc2ccccc12. The third-order valence-corrected chi connectivity index (χ3v) is 7.69. The molecular formula is C27H22ClF3N2O4S. The van der Waals surface area contributed by atoms with Crippen molar-refractivity contribution in [3.05, 3.63) is 102 Å². The number of hydrogen-bond donors (Lipinski definition) is 1. The molecule has 4 aromatic carbocycles. The molecule has 38 heavy (non-hydrogen) atoms. The largest absolute Gasteiger partial charge is 0.491 e. The molecule has 11 heteroatoms. The van der Waals surface area contributed by atoms with Crippen molar-refractivity contribution in [3.8, 4) is 5.75 Å². The fraction of sp³-hybridized carbons (Fsp3) is 0.148. The van der Waals surface area contributed by atoms with Gasteiger partial charge in [0.15, 0.2) is 0 Å². The third kappa shape index (κ3) is 6.20. The van der Waals surface area contributed by atoms with E-state index in [0.29, 0.717) is 16.1 Å². The van der Waals surface area contributed by atoms with E-state index >= 15 is 0 Å². The highest BCUT2D eigenvalue weighted by atomic mass is 35.5. The van der Waals surface area contributed by atoms with Crippen molar-refractivity contribution < 1.29 is 31.1 Å². The minimum absolute atomic E-state index is 0.0254. The number of ether oxygens (including phenoxy) is 1. The number of benzene rings is 4. The zero-order valence-electron chi connectivity index (χ0n) is 19.8. The first-order chi connectivity index (χ1) is 18.1. The molecule has 0 unspecified atom stereocenters. The quantitative estimate of drug-likeness (QED) is 0.258. The molecule has 0 heterocycles. The molecule has 0 aliphatic carbocycles. The Kier molecular flexibility index (Phi) is 8.13. The molecule has 0 saturated heterocycles. The van der Waals surface area contributed by atoms with Gasteiger partial charge in [-0.05, 0) is 41.8 Å². The van der Waals surface area contributed by atoms with Gasteiger partial charge in [0, 0.05) is 5.39 Å². The van der Waals surface area contributed by atoms with E-state index in [4.69, 9.17) is 16.3 Å². The van der Waals surface area contributed by atoms with Crippen molar-refractivity contribution in [1.82, 2.24) is 5.32 Å². The van der Waals surface area contributed by atoms with E-state index in [0.717, 1.165) is 22.9 Å². The van der Waals surface area contributed by atoms with Crippen molar-refractivity contribution in [2.45, 2.75) is 11.1 Å². The second kappa shape index (κ2) is 11.3. The van der Waals surface area contributed by atoms with Gasteiger partial charge in [0.25, 0.3) is 10.0 Å². The number of carbonyl (C=O) groups excluding carboxylic acids is 1. The van der Waals surface area contributed by atoms with Gasteiger partial charge in [0.1, 0.15) is 18.9 Å². The summed E-state index contributed by atoms with van der Waals surface area (Å²) in [6, 6.07) is 22.5. The van der Waals surface area contributed by atoms with Gasteiger partial charge in [-0.25, -0.2) is 8.42 Å². The lowest BCUT2D eigenvalue weighted by Gasteiger charge is -2.26. The van der Waals surface area contributed by atoms with E-state index in [2.05, 4.69) is 5.32 Å². The van der Waals surface area contributed by atoms with E-state index in [1.54, 1.807) is 12.1 Å². The predicted octanol–water partition coefficient (Wildman–Crippen LogP) is 5.90. The number of anilines is 1. The fourth-order valence-corrected chi connectivity index (χ4v) is 5.48. The Hall–Kier alpha value is -3.76. The lowest BCUT2D eigenvalue weighted by Crippen LogP contribution is -2.42. The normalized spacial score (nSPS) is 11.8. The van der Waals surface area contributed by atoms with Crippen LogP contribution in [0.15, 0.2) is 95.9 Å². The highest BCUT2D eigenvalue weighted by Crippen LogP contribution is 2.37. The summed E-state index contributed by atoms with van der Waals surface area (Å²) in [7, 11) is -4.44. The van der Waals surface area contributed by atoms with Crippen LogP contribution in [0, 0.1) is 0 Å². The molecule has 6 nitrogen and oxygen atoms in total. The number of fused-ring (bicyclic) bond motifs is 1. The van der Waals surface area contributed by atoms with Gasteiger partial charge in [-0.3, -0.25) is 9.10 Å². The molecule has 0 aliphatic heterocycles. The maximum Gasteiger partial charge on any atom is 0.416 e. The van der Waals surface area contributed by atoms with Crippen LogP contribution in [0.25, 0.3) is 10.8 Å². The van der Waals surface area contributed by atoms with Crippen molar-refractivity contribution >= 4 is 44.0 Å². The van der Waals surface area contributed by atoms with Crippen molar-refractivity contribution in [1.29, 1.82) is 0 Å². The molecular weight excluding hydrogens is 541 g/mol. The van der Waals surface area contributed by atoms with Gasteiger partial charge in [-0.1, -0.05) is 66.2 Å². The highest BCUT2D eigenvalue weighted by molar-refractivity contribution is 7.92. The molecule has 0 radical (unpaired) electrons. The molecule has 0 bridgehead atoms. The number of hydrogen-bond acceptors (Lipinski definition) is 4. The summed E-state index contributed by atoms with van der Waals surface area (Å²) in [5, 5.41) is 4.16. The fourth-order valence-electron chi connectivity index (χ4n) is 3.76. The van der Waals surface area contributed by atoms with Gasteiger partial charge >= 0.3 is 6.18 Å². The number of rotatable bonds is 9. The molecule has 0 saturated carbocycles. The average Bonchev–Trinajstić information content (AvgIpc) is 2.90. The Balaban J connectivity index is 1.53. The number of nitrogens with one attached hydrogen (secondary N) is 1. The number of alkyl halides is 3. The van der Waals surface area contributed by atoms with Crippen LogP contribution in [0.3, 0.4) is 0 Å². The molecule has 1 N–H and O–H groups in total. The summed E-state index contributed by atoms with van der Waals surface area (Å²) in [6.45, 7) is -0.695. The first kappa shape index (κ1) is 27.3. The van der Waals surface area contributed by atoms with Crippen LogP contribution in [0.4, 0.5) is 18.9 Å². The molecule has 1 amide bonds. The maximum absolute atomic E-state index is 13.4. The Labute approximate surface area is 222 Å². The maximum atomic E-state index is 13.4. The van der Waals surface area contributed by atoms with E-state index in [9.17, 15) is 26.4 Å². The topological polar surface area (TPSA) is 75.7 Å². The Bertz CT molecular complexity index is 1540. The van der Waals surface area contributed by atoms with Crippen LogP contribution in [0.1, 0.15) is 5.56 Å². The van der Waals surface area contributed by atoms with Crippen LogP contribution in [0.2, 0.25) is 5.02 Å². The molecule has 0 fully saturated rings. The molecule has 198 valence electrons. The average molecular weight is 563 g/mol. The molecule has 0 aromatic heterocycles. The third-order valence-electron chi connectivity index (χ3n) is 5.59. The lowest BCUT2D eigenvalue weighted by molar-refractivity contribution is -0.137. The van der Waals surface area contributed by atoms with E-state index in [1.165, 1.54) is 24.3 Å². The smallest absolute Gasteiger partial charge is 0.416 e. The number of carbonyl (C=O) groups is 1. The van der Waals surface area contributed by atoms with E-state index in [1.807, 2.05) is 36.4 Å². The number of amides is 1. The second-order valence-corrected chi connectivity index (χ2v) is 10.4. The minimum Gasteiger partial charge on any atom is -0.491 e. The van der Waals surface area contributed by atoms with Gasteiger partial charge in [0.2, 0.25) is 5.91 Å². The van der Waals surface area contributed by atoms with Crippen molar-refractivity contribution in [3.63, 3.8) is 0 Å². The zero-order valence-corrected chi connectivity index (χ0v) is 21.4. The van der Waals surface area contributed by atoms with E-state index < -0.39 is 39.9 Å². The van der Waals surface area contributed by atoms with Crippen LogP contribution in [-0.4, -0.2) is 34.0 Å². The first-order valence-electron chi connectivity index (χ1n) is 11.4. The van der Waals surface area contributed by atoms with E-state index in [-0.39, 0.29) is 23.1 Å². The van der Waals surface area contributed by atoms with Crippen molar-refractivity contribution in [2.75, 3.05) is 24.0 Å². The van der Waals surface area contributed by atoms with Crippen LogP contribution in [0.5, 0.6) is 5.75 Å². The van der Waals surface area contributed by atoms with Crippen LogP contribution < -0.4 is 14.4 Å². The zero-order chi connectivity index (χ0) is 27.3. The highest BCUT2D eigenvalue weighted by Gasteiger charge is 2.34. The van der Waals surface area contributed by atoms with Gasteiger partial charge < -0.3 is 10.1 Å². The molecule has 0 atom stereocenters. The van der Waals surface area contributed by atoms with Crippen LogP contribution >= 0.6 is 11.6 Å². The molecule has 4 aromatic rings. The van der Waals surface area contributed by atoms with Gasteiger partial charge in [-0.15, -0.1) is 0 Å².